The van der Waals surface area contributed by atoms with Gasteiger partial charge in [0, 0.05) is 38.9 Å². The van der Waals surface area contributed by atoms with E-state index in [0.29, 0.717) is 16.5 Å². The first-order valence-electron chi connectivity index (χ1n) is 9.84. The monoisotopic (exact) mass is 421 g/mol. The highest BCUT2D eigenvalue weighted by atomic mass is 35.5. The fourth-order valence-corrected chi connectivity index (χ4v) is 5.40. The molecule has 0 radical (unpaired) electrons. The van der Waals surface area contributed by atoms with Crippen LogP contribution in [0.4, 0.5) is 5.69 Å². The van der Waals surface area contributed by atoms with E-state index in [2.05, 4.69) is 43.4 Å². The number of carbonyl (C=O) groups excluding carboxylic acids is 1. The van der Waals surface area contributed by atoms with E-state index in [1.54, 1.807) is 0 Å². The third-order valence-electron chi connectivity index (χ3n) is 6.00. The number of fused-ring (bicyclic) bond motifs is 3. The molecule has 146 valence electrons. The molecule has 1 aliphatic heterocycles. The van der Waals surface area contributed by atoms with Crippen molar-refractivity contribution in [2.24, 2.45) is 5.41 Å². The molecule has 3 aromatic carbocycles. The summed E-state index contributed by atoms with van der Waals surface area (Å²) in [6, 6.07) is 17.8. The van der Waals surface area contributed by atoms with E-state index in [1.165, 1.54) is 0 Å². The number of nitrogens with one attached hydrogen (secondary N) is 1. The van der Waals surface area contributed by atoms with Crippen molar-refractivity contribution < 1.29 is 4.79 Å². The smallest absolute Gasteiger partial charge is 0.164 e. The van der Waals surface area contributed by atoms with Crippen LogP contribution in [-0.4, -0.2) is 5.78 Å². The molecule has 0 aromatic heterocycles. The summed E-state index contributed by atoms with van der Waals surface area (Å²) in [5, 5.41) is 7.16. The molecule has 1 heterocycles. The second-order valence-electron chi connectivity index (χ2n) is 8.80. The number of hydrogen-bond donors (Lipinski definition) is 1. The van der Waals surface area contributed by atoms with Crippen molar-refractivity contribution in [1.82, 2.24) is 0 Å². The molecule has 0 saturated heterocycles. The van der Waals surface area contributed by atoms with E-state index in [0.717, 1.165) is 45.2 Å². The second kappa shape index (κ2) is 6.62. The van der Waals surface area contributed by atoms with Crippen molar-refractivity contribution in [3.8, 4) is 0 Å². The Balaban J connectivity index is 1.81. The zero-order valence-electron chi connectivity index (χ0n) is 16.4. The first-order chi connectivity index (χ1) is 13.8. The van der Waals surface area contributed by atoms with Gasteiger partial charge in [-0.05, 0) is 52.4 Å². The van der Waals surface area contributed by atoms with Crippen LogP contribution >= 0.6 is 23.2 Å². The first-order valence-corrected chi connectivity index (χ1v) is 10.6. The first kappa shape index (κ1) is 18.7. The van der Waals surface area contributed by atoms with Gasteiger partial charge in [-0.15, -0.1) is 0 Å². The van der Waals surface area contributed by atoms with Crippen molar-refractivity contribution in [3.63, 3.8) is 0 Å². The van der Waals surface area contributed by atoms with Crippen LogP contribution in [0.5, 0.6) is 0 Å². The van der Waals surface area contributed by atoms with Gasteiger partial charge in [0.05, 0.1) is 6.04 Å². The number of halogens is 2. The summed E-state index contributed by atoms with van der Waals surface area (Å²) in [6.45, 7) is 4.30. The standard InChI is InChI=1S/C25H21Cl2NO/c1-25(2)12-17-22(21(29)13-25)16-10-14-6-3-4-7-15(14)11-20(16)28-24(17)23-18(26)8-5-9-19(23)27/h3-11,24,28H,12-13H2,1-2H3. The molecule has 2 aliphatic rings. The SMILES string of the molecule is CC1(C)CC(=O)C2=C(C1)C(c1c(Cl)cccc1Cl)Nc1cc3ccccc3cc12. The molecule has 2 nitrogen and oxygen atoms in total. The Morgan fingerprint density at radius 1 is 0.931 bits per heavy atom. The van der Waals surface area contributed by atoms with Crippen molar-refractivity contribution in [3.05, 3.63) is 81.3 Å². The van der Waals surface area contributed by atoms with Gasteiger partial charge in [-0.3, -0.25) is 4.79 Å². The Morgan fingerprint density at radius 3 is 2.28 bits per heavy atom. The van der Waals surface area contributed by atoms with E-state index in [9.17, 15) is 4.79 Å². The van der Waals surface area contributed by atoms with Gasteiger partial charge in [-0.1, -0.05) is 67.4 Å². The van der Waals surface area contributed by atoms with Crippen LogP contribution in [0.2, 0.25) is 10.0 Å². The van der Waals surface area contributed by atoms with Gasteiger partial charge in [-0.2, -0.15) is 0 Å². The second-order valence-corrected chi connectivity index (χ2v) is 9.61. The van der Waals surface area contributed by atoms with Gasteiger partial charge in [0.15, 0.2) is 5.78 Å². The maximum atomic E-state index is 13.3. The average Bonchev–Trinajstić information content (AvgIpc) is 2.65. The number of anilines is 1. The number of Topliss-reactive ketones (excluding diaryl/α,β-unsaturated/α-hetero) is 1. The maximum absolute atomic E-state index is 13.3. The van der Waals surface area contributed by atoms with Crippen LogP contribution in [0.1, 0.15) is 43.9 Å². The highest BCUT2D eigenvalue weighted by Gasteiger charge is 2.41. The molecule has 0 amide bonds. The summed E-state index contributed by atoms with van der Waals surface area (Å²) >= 11 is 13.2. The molecule has 5 rings (SSSR count). The van der Waals surface area contributed by atoms with Crippen LogP contribution in [0.25, 0.3) is 16.3 Å². The zero-order chi connectivity index (χ0) is 20.3. The molecule has 1 atom stereocenters. The fourth-order valence-electron chi connectivity index (χ4n) is 4.78. The summed E-state index contributed by atoms with van der Waals surface area (Å²) in [5.41, 5.74) is 4.61. The van der Waals surface area contributed by atoms with Gasteiger partial charge < -0.3 is 5.32 Å². The maximum Gasteiger partial charge on any atom is 0.164 e. The number of allylic oxidation sites excluding steroid dienone is 1. The van der Waals surface area contributed by atoms with Crippen LogP contribution in [0, 0.1) is 5.41 Å². The molecule has 29 heavy (non-hydrogen) atoms. The molecule has 1 N–H and O–H groups in total. The Hall–Kier alpha value is -2.29. The molecule has 4 heteroatoms. The van der Waals surface area contributed by atoms with E-state index >= 15 is 0 Å². The number of ketones is 1. The summed E-state index contributed by atoms with van der Waals surface area (Å²) in [6.07, 6.45) is 1.36. The lowest BCUT2D eigenvalue weighted by molar-refractivity contribution is -0.116. The number of benzene rings is 3. The zero-order valence-corrected chi connectivity index (χ0v) is 17.9. The predicted molar refractivity (Wildman–Crippen MR) is 122 cm³/mol. The van der Waals surface area contributed by atoms with Crippen molar-refractivity contribution in [2.45, 2.75) is 32.7 Å². The Bertz CT molecular complexity index is 1190. The highest BCUT2D eigenvalue weighted by molar-refractivity contribution is 6.36. The number of hydrogen-bond acceptors (Lipinski definition) is 2. The Labute approximate surface area is 180 Å². The minimum absolute atomic E-state index is 0.0993. The van der Waals surface area contributed by atoms with Crippen molar-refractivity contribution >= 4 is 51.0 Å². The fraction of sp³-hybridized carbons (Fsp3) is 0.240. The molecular weight excluding hydrogens is 401 g/mol. The molecule has 0 fully saturated rings. The van der Waals surface area contributed by atoms with Gasteiger partial charge in [0.25, 0.3) is 0 Å². The minimum atomic E-state index is -0.219. The molecule has 0 spiro atoms. The lowest BCUT2D eigenvalue weighted by Crippen LogP contribution is -2.32. The van der Waals surface area contributed by atoms with Crippen LogP contribution in [0.15, 0.2) is 60.2 Å². The molecule has 0 bridgehead atoms. The summed E-state index contributed by atoms with van der Waals surface area (Å²) < 4.78 is 0. The van der Waals surface area contributed by atoms with E-state index in [4.69, 9.17) is 23.2 Å². The lowest BCUT2D eigenvalue weighted by Gasteiger charge is -2.40. The largest absolute Gasteiger partial charge is 0.374 e. The van der Waals surface area contributed by atoms with E-state index < -0.39 is 0 Å². The predicted octanol–water partition coefficient (Wildman–Crippen LogP) is 7.46. The lowest BCUT2D eigenvalue weighted by atomic mass is 9.68. The summed E-state index contributed by atoms with van der Waals surface area (Å²) in [7, 11) is 0. The molecule has 3 aromatic rings. The summed E-state index contributed by atoms with van der Waals surface area (Å²) in [5.74, 6) is 0.197. The molecule has 1 aliphatic carbocycles. The quantitative estimate of drug-likeness (QED) is 0.441. The molecular formula is C25H21Cl2NO. The molecule has 1 unspecified atom stereocenters. The third kappa shape index (κ3) is 3.06. The van der Waals surface area contributed by atoms with Gasteiger partial charge in [-0.25, -0.2) is 0 Å². The van der Waals surface area contributed by atoms with Crippen LogP contribution in [0.3, 0.4) is 0 Å². The van der Waals surface area contributed by atoms with Gasteiger partial charge in [0.2, 0.25) is 0 Å². The normalized spacial score (nSPS) is 20.3. The minimum Gasteiger partial charge on any atom is -0.374 e. The van der Waals surface area contributed by atoms with Crippen LogP contribution in [-0.2, 0) is 4.79 Å². The average molecular weight is 422 g/mol. The third-order valence-corrected chi connectivity index (χ3v) is 6.66. The van der Waals surface area contributed by atoms with Crippen LogP contribution < -0.4 is 5.32 Å². The highest BCUT2D eigenvalue weighted by Crippen LogP contribution is 2.52. The van der Waals surface area contributed by atoms with Crippen molar-refractivity contribution in [1.29, 1.82) is 0 Å². The van der Waals surface area contributed by atoms with E-state index in [1.807, 2.05) is 30.3 Å². The summed E-state index contributed by atoms with van der Waals surface area (Å²) in [4.78, 5) is 13.3. The topological polar surface area (TPSA) is 29.1 Å². The Morgan fingerprint density at radius 2 is 1.59 bits per heavy atom. The van der Waals surface area contributed by atoms with Crippen molar-refractivity contribution in [2.75, 3.05) is 5.32 Å². The number of rotatable bonds is 1. The van der Waals surface area contributed by atoms with Gasteiger partial charge >= 0.3 is 0 Å². The Kier molecular flexibility index (Phi) is 4.27. The van der Waals surface area contributed by atoms with E-state index in [-0.39, 0.29) is 17.2 Å². The number of carbonyl (C=O) groups is 1. The molecule has 0 saturated carbocycles. The van der Waals surface area contributed by atoms with Gasteiger partial charge in [0.1, 0.15) is 0 Å².